The molecule has 80 valence electrons. The predicted molar refractivity (Wildman–Crippen MR) is 59.3 cm³/mol. The highest BCUT2D eigenvalue weighted by molar-refractivity contribution is 5.03. The molecule has 14 heavy (non-hydrogen) atoms. The second-order valence-electron chi connectivity index (χ2n) is 4.20. The standard InChI is InChI=1S/C11H21N3/c1-10(2)13(3)7-5-6-11-8-12-14(4)9-11/h8-10H,5-7H2,1-4H3. The van der Waals surface area contributed by atoms with Gasteiger partial charge in [-0.15, -0.1) is 0 Å². The van der Waals surface area contributed by atoms with Crippen molar-refractivity contribution in [2.75, 3.05) is 13.6 Å². The number of hydrogen-bond donors (Lipinski definition) is 0. The molecule has 0 saturated carbocycles. The second kappa shape index (κ2) is 5.15. The number of rotatable bonds is 5. The molecule has 0 saturated heterocycles. The Morgan fingerprint density at radius 3 is 2.71 bits per heavy atom. The van der Waals surface area contributed by atoms with Gasteiger partial charge in [-0.3, -0.25) is 4.68 Å². The maximum Gasteiger partial charge on any atom is 0.0521 e. The Labute approximate surface area is 86.7 Å². The van der Waals surface area contributed by atoms with E-state index in [9.17, 15) is 0 Å². The maximum atomic E-state index is 4.15. The molecule has 1 aromatic heterocycles. The van der Waals surface area contributed by atoms with E-state index in [4.69, 9.17) is 0 Å². The Hall–Kier alpha value is -0.830. The van der Waals surface area contributed by atoms with E-state index in [2.05, 4.69) is 37.1 Å². The topological polar surface area (TPSA) is 21.1 Å². The highest BCUT2D eigenvalue weighted by Gasteiger charge is 2.02. The van der Waals surface area contributed by atoms with Crippen molar-refractivity contribution in [3.63, 3.8) is 0 Å². The first-order valence-electron chi connectivity index (χ1n) is 5.27. The van der Waals surface area contributed by atoms with Crippen LogP contribution in [-0.2, 0) is 13.5 Å². The quantitative estimate of drug-likeness (QED) is 0.713. The molecule has 0 bridgehead atoms. The van der Waals surface area contributed by atoms with Crippen molar-refractivity contribution in [2.45, 2.75) is 32.7 Å². The van der Waals surface area contributed by atoms with Gasteiger partial charge in [-0.2, -0.15) is 5.10 Å². The highest BCUT2D eigenvalue weighted by atomic mass is 15.2. The monoisotopic (exact) mass is 195 g/mol. The van der Waals surface area contributed by atoms with Crippen LogP contribution >= 0.6 is 0 Å². The van der Waals surface area contributed by atoms with Crippen LogP contribution in [0.3, 0.4) is 0 Å². The van der Waals surface area contributed by atoms with Crippen LogP contribution in [0.4, 0.5) is 0 Å². The third-order valence-corrected chi connectivity index (χ3v) is 2.62. The lowest BCUT2D eigenvalue weighted by Gasteiger charge is -2.20. The molecule has 3 heteroatoms. The molecule has 0 unspecified atom stereocenters. The molecule has 0 amide bonds. The van der Waals surface area contributed by atoms with E-state index in [1.165, 1.54) is 12.0 Å². The fraction of sp³-hybridized carbons (Fsp3) is 0.727. The minimum atomic E-state index is 0.642. The Morgan fingerprint density at radius 2 is 2.21 bits per heavy atom. The van der Waals surface area contributed by atoms with Crippen molar-refractivity contribution in [1.29, 1.82) is 0 Å². The van der Waals surface area contributed by atoms with Crippen molar-refractivity contribution >= 4 is 0 Å². The van der Waals surface area contributed by atoms with Gasteiger partial charge in [0.25, 0.3) is 0 Å². The summed E-state index contributed by atoms with van der Waals surface area (Å²) in [4.78, 5) is 2.37. The summed E-state index contributed by atoms with van der Waals surface area (Å²) in [5.74, 6) is 0. The van der Waals surface area contributed by atoms with Crippen LogP contribution in [0.25, 0.3) is 0 Å². The van der Waals surface area contributed by atoms with E-state index in [0.717, 1.165) is 13.0 Å². The van der Waals surface area contributed by atoms with Crippen LogP contribution < -0.4 is 0 Å². The average molecular weight is 195 g/mol. The number of nitrogens with zero attached hydrogens (tertiary/aromatic N) is 3. The molecule has 0 aliphatic heterocycles. The van der Waals surface area contributed by atoms with E-state index < -0.39 is 0 Å². The van der Waals surface area contributed by atoms with Crippen molar-refractivity contribution in [3.8, 4) is 0 Å². The SMILES string of the molecule is CC(C)N(C)CCCc1cnn(C)c1. The number of aryl methyl sites for hydroxylation is 2. The Bertz CT molecular complexity index is 265. The Morgan fingerprint density at radius 1 is 1.50 bits per heavy atom. The number of aromatic nitrogens is 2. The molecular weight excluding hydrogens is 174 g/mol. The summed E-state index contributed by atoms with van der Waals surface area (Å²) >= 11 is 0. The molecule has 0 aliphatic carbocycles. The zero-order chi connectivity index (χ0) is 10.6. The average Bonchev–Trinajstić information content (AvgIpc) is 2.51. The molecule has 0 spiro atoms. The minimum Gasteiger partial charge on any atom is -0.304 e. The molecule has 0 atom stereocenters. The second-order valence-corrected chi connectivity index (χ2v) is 4.20. The molecule has 3 nitrogen and oxygen atoms in total. The van der Waals surface area contributed by atoms with Gasteiger partial charge in [0.05, 0.1) is 6.20 Å². The lowest BCUT2D eigenvalue weighted by Crippen LogP contribution is -2.27. The van der Waals surface area contributed by atoms with E-state index >= 15 is 0 Å². The fourth-order valence-corrected chi connectivity index (χ4v) is 1.39. The van der Waals surface area contributed by atoms with Gasteiger partial charge in [-0.25, -0.2) is 0 Å². The normalized spacial score (nSPS) is 11.6. The van der Waals surface area contributed by atoms with Crippen molar-refractivity contribution < 1.29 is 0 Å². The van der Waals surface area contributed by atoms with Gasteiger partial charge in [-0.1, -0.05) is 0 Å². The lowest BCUT2D eigenvalue weighted by molar-refractivity contribution is 0.271. The largest absolute Gasteiger partial charge is 0.304 e. The first kappa shape index (κ1) is 11.2. The van der Waals surface area contributed by atoms with Gasteiger partial charge in [0.15, 0.2) is 0 Å². The molecule has 1 aromatic rings. The van der Waals surface area contributed by atoms with Gasteiger partial charge >= 0.3 is 0 Å². The Balaban J connectivity index is 2.22. The molecule has 1 rings (SSSR count). The highest BCUT2D eigenvalue weighted by Crippen LogP contribution is 2.03. The Kier molecular flexibility index (Phi) is 4.14. The van der Waals surface area contributed by atoms with Gasteiger partial charge in [0.2, 0.25) is 0 Å². The van der Waals surface area contributed by atoms with E-state index in [-0.39, 0.29) is 0 Å². The van der Waals surface area contributed by atoms with Gasteiger partial charge in [0.1, 0.15) is 0 Å². The fourth-order valence-electron chi connectivity index (χ4n) is 1.39. The summed E-state index contributed by atoms with van der Waals surface area (Å²) in [5, 5.41) is 4.15. The summed E-state index contributed by atoms with van der Waals surface area (Å²) in [6.45, 7) is 5.61. The molecule has 1 heterocycles. The van der Waals surface area contributed by atoms with Crippen LogP contribution in [0.1, 0.15) is 25.8 Å². The summed E-state index contributed by atoms with van der Waals surface area (Å²) in [5.41, 5.74) is 1.34. The third-order valence-electron chi connectivity index (χ3n) is 2.62. The number of hydrogen-bond acceptors (Lipinski definition) is 2. The van der Waals surface area contributed by atoms with E-state index in [0.29, 0.717) is 6.04 Å². The van der Waals surface area contributed by atoms with Crippen molar-refractivity contribution in [2.24, 2.45) is 7.05 Å². The zero-order valence-corrected chi connectivity index (χ0v) is 9.70. The van der Waals surface area contributed by atoms with Crippen LogP contribution in [0.2, 0.25) is 0 Å². The smallest absolute Gasteiger partial charge is 0.0521 e. The predicted octanol–water partition coefficient (Wildman–Crippen LogP) is 1.69. The van der Waals surface area contributed by atoms with Crippen LogP contribution in [0, 0.1) is 0 Å². The summed E-state index contributed by atoms with van der Waals surface area (Å²) < 4.78 is 1.86. The molecule has 0 aromatic carbocycles. The van der Waals surface area contributed by atoms with Crippen LogP contribution in [0.15, 0.2) is 12.4 Å². The van der Waals surface area contributed by atoms with Gasteiger partial charge in [0, 0.05) is 19.3 Å². The summed E-state index contributed by atoms with van der Waals surface area (Å²) in [7, 11) is 4.14. The van der Waals surface area contributed by atoms with Crippen LogP contribution in [0.5, 0.6) is 0 Å². The zero-order valence-electron chi connectivity index (χ0n) is 9.70. The molecular formula is C11H21N3. The van der Waals surface area contributed by atoms with Crippen molar-refractivity contribution in [3.05, 3.63) is 18.0 Å². The van der Waals surface area contributed by atoms with Crippen LogP contribution in [-0.4, -0.2) is 34.3 Å². The third kappa shape index (κ3) is 3.50. The molecule has 0 radical (unpaired) electrons. The lowest BCUT2D eigenvalue weighted by atomic mass is 10.2. The van der Waals surface area contributed by atoms with Gasteiger partial charge in [-0.05, 0) is 45.8 Å². The maximum absolute atomic E-state index is 4.15. The van der Waals surface area contributed by atoms with Crippen molar-refractivity contribution in [1.82, 2.24) is 14.7 Å². The molecule has 0 N–H and O–H groups in total. The molecule has 0 aliphatic rings. The van der Waals surface area contributed by atoms with E-state index in [1.807, 2.05) is 17.9 Å². The summed E-state index contributed by atoms with van der Waals surface area (Å²) in [6.07, 6.45) is 6.38. The minimum absolute atomic E-state index is 0.642. The first-order chi connectivity index (χ1) is 6.59. The van der Waals surface area contributed by atoms with E-state index in [1.54, 1.807) is 0 Å². The first-order valence-corrected chi connectivity index (χ1v) is 5.27. The summed E-state index contributed by atoms with van der Waals surface area (Å²) in [6, 6.07) is 0.642. The van der Waals surface area contributed by atoms with Gasteiger partial charge < -0.3 is 4.90 Å². The molecule has 0 fully saturated rings.